The molecule has 90 valence electrons. The van der Waals surface area contributed by atoms with Crippen LogP contribution in [-0.4, -0.2) is 11.7 Å². The molecule has 0 saturated heterocycles. The summed E-state index contributed by atoms with van der Waals surface area (Å²) in [6, 6.07) is 21.1. The van der Waals surface area contributed by atoms with Crippen molar-refractivity contribution in [3.05, 3.63) is 71.8 Å². The van der Waals surface area contributed by atoms with Crippen LogP contribution in [0.1, 0.15) is 23.5 Å². The smallest absolute Gasteiger partial charge is 0.0584 e. The van der Waals surface area contributed by atoms with Gasteiger partial charge in [0.2, 0.25) is 0 Å². The standard InChI is InChI=1S/C16H15NS/c18-13-17-12-11-16(14-7-3-1-4-8-14)15-9-5-2-6-10-15/h1-10,16H,11-12H2. The molecule has 0 spiro atoms. The van der Waals surface area contributed by atoms with E-state index in [0.717, 1.165) is 13.0 Å². The first-order valence-electron chi connectivity index (χ1n) is 6.05. The molecular formula is C16H15NS. The Morgan fingerprint density at radius 3 is 1.83 bits per heavy atom. The van der Waals surface area contributed by atoms with E-state index in [1.54, 1.807) is 0 Å². The average molecular weight is 253 g/mol. The van der Waals surface area contributed by atoms with Crippen molar-refractivity contribution in [1.29, 1.82) is 0 Å². The maximum Gasteiger partial charge on any atom is 0.0584 e. The van der Waals surface area contributed by atoms with Crippen molar-refractivity contribution >= 4 is 17.4 Å². The van der Waals surface area contributed by atoms with Crippen molar-refractivity contribution in [2.75, 3.05) is 6.54 Å². The molecule has 18 heavy (non-hydrogen) atoms. The van der Waals surface area contributed by atoms with Gasteiger partial charge in [0, 0.05) is 5.92 Å². The molecule has 0 unspecified atom stereocenters. The molecule has 1 nitrogen and oxygen atoms in total. The van der Waals surface area contributed by atoms with E-state index in [1.165, 1.54) is 11.1 Å². The van der Waals surface area contributed by atoms with Crippen LogP contribution < -0.4 is 0 Å². The van der Waals surface area contributed by atoms with Gasteiger partial charge in [0.1, 0.15) is 0 Å². The van der Waals surface area contributed by atoms with Crippen LogP contribution in [0.3, 0.4) is 0 Å². The first kappa shape index (κ1) is 12.7. The molecule has 0 N–H and O–H groups in total. The number of nitrogens with zero attached hydrogens (tertiary/aromatic N) is 1. The number of hydrogen-bond donors (Lipinski definition) is 0. The summed E-state index contributed by atoms with van der Waals surface area (Å²) < 4.78 is 0. The second-order valence-corrected chi connectivity index (χ2v) is 4.32. The summed E-state index contributed by atoms with van der Waals surface area (Å²) in [5.41, 5.74) is 2.64. The molecule has 0 aromatic heterocycles. The molecule has 0 atom stereocenters. The Morgan fingerprint density at radius 1 is 0.889 bits per heavy atom. The summed E-state index contributed by atoms with van der Waals surface area (Å²) in [5, 5.41) is 2.43. The van der Waals surface area contributed by atoms with Crippen LogP contribution in [0, 0.1) is 0 Å². The minimum Gasteiger partial charge on any atom is -0.233 e. The van der Waals surface area contributed by atoms with E-state index in [9.17, 15) is 0 Å². The van der Waals surface area contributed by atoms with Crippen LogP contribution in [0.4, 0.5) is 0 Å². The fraction of sp³-hybridized carbons (Fsp3) is 0.188. The van der Waals surface area contributed by atoms with Gasteiger partial charge in [-0.15, -0.1) is 0 Å². The molecule has 0 bridgehead atoms. The lowest BCUT2D eigenvalue weighted by atomic mass is 9.89. The average Bonchev–Trinajstić information content (AvgIpc) is 2.46. The summed E-state index contributed by atoms with van der Waals surface area (Å²) >= 11 is 4.62. The van der Waals surface area contributed by atoms with Gasteiger partial charge in [-0.2, -0.15) is 0 Å². The Labute approximate surface area is 113 Å². The van der Waals surface area contributed by atoms with Crippen molar-refractivity contribution in [3.8, 4) is 0 Å². The van der Waals surface area contributed by atoms with Gasteiger partial charge in [0.15, 0.2) is 0 Å². The number of rotatable bonds is 5. The highest BCUT2D eigenvalue weighted by molar-refractivity contribution is 7.78. The highest BCUT2D eigenvalue weighted by Crippen LogP contribution is 2.27. The summed E-state index contributed by atoms with van der Waals surface area (Å²) in [6.07, 6.45) is 0.956. The molecule has 0 aliphatic heterocycles. The number of hydrogen-bond acceptors (Lipinski definition) is 2. The van der Waals surface area contributed by atoms with E-state index in [-0.39, 0.29) is 0 Å². The SMILES string of the molecule is S=C=NCCC(c1ccccc1)c1ccccc1. The van der Waals surface area contributed by atoms with Crippen LogP contribution in [0.2, 0.25) is 0 Å². The number of aliphatic imine (C=N–C) groups is 1. The van der Waals surface area contributed by atoms with E-state index in [4.69, 9.17) is 0 Å². The molecule has 2 aromatic rings. The Hall–Kier alpha value is -1.76. The molecule has 0 aliphatic carbocycles. The lowest BCUT2D eigenvalue weighted by molar-refractivity contribution is 0.729. The molecule has 0 aliphatic rings. The van der Waals surface area contributed by atoms with Gasteiger partial charge in [-0.25, -0.2) is 4.99 Å². The monoisotopic (exact) mass is 253 g/mol. The highest BCUT2D eigenvalue weighted by Gasteiger charge is 2.12. The molecule has 2 aromatic carbocycles. The van der Waals surface area contributed by atoms with Crippen LogP contribution in [0.15, 0.2) is 65.7 Å². The van der Waals surface area contributed by atoms with Gasteiger partial charge in [-0.3, -0.25) is 0 Å². The van der Waals surface area contributed by atoms with Crippen molar-refractivity contribution < 1.29 is 0 Å². The summed E-state index contributed by atoms with van der Waals surface area (Å²) in [5.74, 6) is 0.375. The second-order valence-electron chi connectivity index (χ2n) is 4.14. The molecule has 2 heteroatoms. The van der Waals surface area contributed by atoms with Gasteiger partial charge in [0.05, 0.1) is 11.7 Å². The molecule has 0 amide bonds. The molecule has 0 radical (unpaired) electrons. The van der Waals surface area contributed by atoms with Crippen molar-refractivity contribution in [2.24, 2.45) is 4.99 Å². The van der Waals surface area contributed by atoms with Gasteiger partial charge in [-0.05, 0) is 29.8 Å². The fourth-order valence-electron chi connectivity index (χ4n) is 2.14. The zero-order valence-electron chi connectivity index (χ0n) is 10.1. The van der Waals surface area contributed by atoms with Crippen LogP contribution in [-0.2, 0) is 0 Å². The minimum absolute atomic E-state index is 0.375. The van der Waals surface area contributed by atoms with Gasteiger partial charge < -0.3 is 0 Å². The summed E-state index contributed by atoms with van der Waals surface area (Å²) in [7, 11) is 0. The number of isothiocyanates is 1. The molecular weight excluding hydrogens is 238 g/mol. The van der Waals surface area contributed by atoms with Gasteiger partial charge >= 0.3 is 0 Å². The van der Waals surface area contributed by atoms with E-state index < -0.39 is 0 Å². The topological polar surface area (TPSA) is 12.4 Å². The van der Waals surface area contributed by atoms with Crippen molar-refractivity contribution in [2.45, 2.75) is 12.3 Å². The highest BCUT2D eigenvalue weighted by atomic mass is 32.1. The maximum absolute atomic E-state index is 4.62. The van der Waals surface area contributed by atoms with Gasteiger partial charge in [-0.1, -0.05) is 60.7 Å². The van der Waals surface area contributed by atoms with Gasteiger partial charge in [0.25, 0.3) is 0 Å². The van der Waals surface area contributed by atoms with E-state index >= 15 is 0 Å². The Balaban J connectivity index is 2.26. The normalized spacial score (nSPS) is 10.1. The first-order chi connectivity index (χ1) is 8.92. The minimum atomic E-state index is 0.375. The zero-order valence-corrected chi connectivity index (χ0v) is 10.9. The lowest BCUT2D eigenvalue weighted by Crippen LogP contribution is -2.02. The Morgan fingerprint density at radius 2 is 1.39 bits per heavy atom. The maximum atomic E-state index is 4.62. The molecule has 0 saturated carbocycles. The van der Waals surface area contributed by atoms with Crippen molar-refractivity contribution in [1.82, 2.24) is 0 Å². The number of benzene rings is 2. The van der Waals surface area contributed by atoms with Crippen LogP contribution in [0.25, 0.3) is 0 Å². The predicted octanol–water partition coefficient (Wildman–Crippen LogP) is 4.31. The van der Waals surface area contributed by atoms with Crippen molar-refractivity contribution in [3.63, 3.8) is 0 Å². The third-order valence-electron chi connectivity index (χ3n) is 3.00. The second kappa shape index (κ2) is 6.85. The largest absolute Gasteiger partial charge is 0.233 e. The zero-order chi connectivity index (χ0) is 12.6. The molecule has 0 fully saturated rings. The molecule has 2 rings (SSSR count). The summed E-state index contributed by atoms with van der Waals surface area (Å²) in [4.78, 5) is 4.03. The first-order valence-corrected chi connectivity index (χ1v) is 6.46. The summed E-state index contributed by atoms with van der Waals surface area (Å²) in [6.45, 7) is 0.720. The Bertz CT molecular complexity index is 476. The predicted molar refractivity (Wildman–Crippen MR) is 79.2 cm³/mol. The van der Waals surface area contributed by atoms with E-state index in [1.807, 2.05) is 12.1 Å². The quantitative estimate of drug-likeness (QED) is 0.571. The Kier molecular flexibility index (Phi) is 4.83. The third-order valence-corrected chi connectivity index (χ3v) is 3.13. The van der Waals surface area contributed by atoms with E-state index in [0.29, 0.717) is 5.92 Å². The van der Waals surface area contributed by atoms with E-state index in [2.05, 4.69) is 70.9 Å². The number of thiocarbonyl (C=S) groups is 1. The molecule has 0 heterocycles. The van der Waals surface area contributed by atoms with Crippen LogP contribution in [0.5, 0.6) is 0 Å². The van der Waals surface area contributed by atoms with Crippen LogP contribution >= 0.6 is 12.2 Å². The third kappa shape index (κ3) is 3.36. The lowest BCUT2D eigenvalue weighted by Gasteiger charge is -2.16. The fourth-order valence-corrected chi connectivity index (χ4v) is 2.23.